The smallest absolute Gasteiger partial charge is 0.0827 e. The average Bonchev–Trinajstić information content (AvgIpc) is 2.57. The van der Waals surface area contributed by atoms with Crippen LogP contribution in [0.15, 0.2) is 11.6 Å². The highest BCUT2D eigenvalue weighted by molar-refractivity contribution is 5.24. The first-order chi connectivity index (χ1) is 11.2. The number of hydrogen-bond acceptors (Lipinski definition) is 4. The fraction of sp³-hybridized carbons (Fsp3) is 0.900. The van der Waals surface area contributed by atoms with Crippen molar-refractivity contribution in [1.29, 1.82) is 0 Å². The minimum absolute atomic E-state index is 0.0330. The Labute approximate surface area is 145 Å². The van der Waals surface area contributed by atoms with Crippen molar-refractivity contribution in [1.82, 2.24) is 0 Å². The van der Waals surface area contributed by atoms with Crippen LogP contribution < -0.4 is 0 Å². The largest absolute Gasteiger partial charge is 0.396 e. The Morgan fingerprint density at radius 1 is 1.17 bits per heavy atom. The molecule has 138 valence electrons. The molecule has 0 heterocycles. The zero-order valence-electron chi connectivity index (χ0n) is 15.3. The van der Waals surface area contributed by atoms with E-state index in [0.717, 1.165) is 38.5 Å². The van der Waals surface area contributed by atoms with Gasteiger partial charge in [0.25, 0.3) is 0 Å². The molecular formula is C20H34O4. The molecule has 24 heavy (non-hydrogen) atoms. The minimum atomic E-state index is -0.666. The quantitative estimate of drug-likeness (QED) is 0.595. The van der Waals surface area contributed by atoms with Gasteiger partial charge >= 0.3 is 0 Å². The van der Waals surface area contributed by atoms with Crippen molar-refractivity contribution in [3.05, 3.63) is 11.6 Å². The Morgan fingerprint density at radius 2 is 1.88 bits per heavy atom. The molecule has 3 aliphatic rings. The van der Waals surface area contributed by atoms with Crippen molar-refractivity contribution < 1.29 is 20.4 Å². The van der Waals surface area contributed by atoms with Gasteiger partial charge in [-0.15, -0.1) is 0 Å². The fourth-order valence-corrected chi connectivity index (χ4v) is 6.19. The summed E-state index contributed by atoms with van der Waals surface area (Å²) in [6.45, 7) is 6.33. The molecule has 2 fully saturated rings. The van der Waals surface area contributed by atoms with Gasteiger partial charge in [0.1, 0.15) is 0 Å². The summed E-state index contributed by atoms with van der Waals surface area (Å²) >= 11 is 0. The van der Waals surface area contributed by atoms with Crippen LogP contribution in [0.3, 0.4) is 0 Å². The zero-order chi connectivity index (χ0) is 17.8. The molecule has 4 nitrogen and oxygen atoms in total. The summed E-state index contributed by atoms with van der Waals surface area (Å²) in [7, 11) is 0. The standard InChI is InChI=1S/C20H34O4/c1-18(17(24)11-21)8-6-14-13(10-18)4-5-15-19(14,2)9-7-16(23)20(15,3)12-22/h4,14-17,21-24H,5-12H2,1-3H3/t14-,15-,16+,17+,18+,19+,20-/m0/s1. The van der Waals surface area contributed by atoms with E-state index in [1.165, 1.54) is 5.57 Å². The van der Waals surface area contributed by atoms with E-state index in [9.17, 15) is 20.4 Å². The molecule has 0 bridgehead atoms. The summed E-state index contributed by atoms with van der Waals surface area (Å²) in [5, 5.41) is 40.2. The topological polar surface area (TPSA) is 80.9 Å². The predicted molar refractivity (Wildman–Crippen MR) is 93.3 cm³/mol. The summed E-state index contributed by atoms with van der Waals surface area (Å²) in [5.74, 6) is 0.758. The molecule has 3 aliphatic carbocycles. The minimum Gasteiger partial charge on any atom is -0.396 e. The molecule has 7 atom stereocenters. The summed E-state index contributed by atoms with van der Waals surface area (Å²) in [5.41, 5.74) is 0.855. The van der Waals surface area contributed by atoms with E-state index in [4.69, 9.17) is 0 Å². The first-order valence-corrected chi connectivity index (χ1v) is 9.48. The van der Waals surface area contributed by atoms with Crippen LogP contribution in [0.2, 0.25) is 0 Å². The molecule has 0 unspecified atom stereocenters. The predicted octanol–water partition coefficient (Wildman–Crippen LogP) is 2.25. The Morgan fingerprint density at radius 3 is 2.50 bits per heavy atom. The van der Waals surface area contributed by atoms with Gasteiger partial charge < -0.3 is 20.4 Å². The second kappa shape index (κ2) is 6.08. The number of hydrogen-bond donors (Lipinski definition) is 4. The van der Waals surface area contributed by atoms with Gasteiger partial charge in [-0.05, 0) is 61.2 Å². The first-order valence-electron chi connectivity index (χ1n) is 9.48. The number of fused-ring (bicyclic) bond motifs is 3. The van der Waals surface area contributed by atoms with Crippen LogP contribution in [0.1, 0.15) is 59.3 Å². The van der Waals surface area contributed by atoms with Gasteiger partial charge in [-0.1, -0.05) is 32.4 Å². The summed E-state index contributed by atoms with van der Waals surface area (Å²) < 4.78 is 0. The van der Waals surface area contributed by atoms with Gasteiger partial charge in [0.05, 0.1) is 25.4 Å². The number of aliphatic hydroxyl groups is 4. The van der Waals surface area contributed by atoms with E-state index in [2.05, 4.69) is 19.9 Å². The van der Waals surface area contributed by atoms with Crippen molar-refractivity contribution in [3.63, 3.8) is 0 Å². The van der Waals surface area contributed by atoms with Gasteiger partial charge in [-0.2, -0.15) is 0 Å². The van der Waals surface area contributed by atoms with Crippen LogP contribution in [0, 0.1) is 28.1 Å². The van der Waals surface area contributed by atoms with Crippen LogP contribution in [-0.2, 0) is 0 Å². The summed E-state index contributed by atoms with van der Waals surface area (Å²) in [4.78, 5) is 0. The molecule has 4 N–H and O–H groups in total. The Bertz CT molecular complexity index is 518. The molecule has 2 saturated carbocycles. The highest BCUT2D eigenvalue weighted by atomic mass is 16.3. The van der Waals surface area contributed by atoms with Crippen LogP contribution in [0.4, 0.5) is 0 Å². The van der Waals surface area contributed by atoms with E-state index in [-0.39, 0.29) is 24.0 Å². The average molecular weight is 338 g/mol. The molecule has 0 aromatic rings. The van der Waals surface area contributed by atoms with Gasteiger partial charge in [-0.25, -0.2) is 0 Å². The maximum atomic E-state index is 10.5. The molecule has 0 spiro atoms. The van der Waals surface area contributed by atoms with Crippen LogP contribution >= 0.6 is 0 Å². The third-order valence-electron chi connectivity index (χ3n) is 8.10. The van der Waals surface area contributed by atoms with Crippen molar-refractivity contribution in [2.24, 2.45) is 28.1 Å². The van der Waals surface area contributed by atoms with E-state index in [0.29, 0.717) is 11.8 Å². The van der Waals surface area contributed by atoms with Crippen LogP contribution in [-0.4, -0.2) is 45.8 Å². The highest BCUT2D eigenvalue weighted by Crippen LogP contribution is 2.63. The van der Waals surface area contributed by atoms with E-state index in [1.54, 1.807) is 0 Å². The maximum absolute atomic E-state index is 10.5. The van der Waals surface area contributed by atoms with Gasteiger partial charge in [-0.3, -0.25) is 0 Å². The fourth-order valence-electron chi connectivity index (χ4n) is 6.19. The number of allylic oxidation sites excluding steroid dienone is 2. The van der Waals surface area contributed by atoms with Gasteiger partial charge in [0.15, 0.2) is 0 Å². The van der Waals surface area contributed by atoms with E-state index >= 15 is 0 Å². The van der Waals surface area contributed by atoms with Gasteiger partial charge in [0.2, 0.25) is 0 Å². The first kappa shape index (κ1) is 18.4. The molecule has 0 aliphatic heterocycles. The Balaban J connectivity index is 1.92. The highest BCUT2D eigenvalue weighted by Gasteiger charge is 2.58. The second-order valence-corrected chi connectivity index (χ2v) is 9.41. The lowest BCUT2D eigenvalue weighted by Crippen LogP contribution is -2.58. The molecule has 0 radical (unpaired) electrons. The van der Waals surface area contributed by atoms with Crippen molar-refractivity contribution in [3.8, 4) is 0 Å². The van der Waals surface area contributed by atoms with Crippen LogP contribution in [0.5, 0.6) is 0 Å². The van der Waals surface area contributed by atoms with Crippen molar-refractivity contribution in [2.75, 3.05) is 13.2 Å². The van der Waals surface area contributed by atoms with Crippen LogP contribution in [0.25, 0.3) is 0 Å². The van der Waals surface area contributed by atoms with Gasteiger partial charge in [0, 0.05) is 5.41 Å². The molecule has 3 rings (SSSR count). The normalized spacial score (nSPS) is 49.8. The molecule has 0 aromatic heterocycles. The monoisotopic (exact) mass is 338 g/mol. The lowest BCUT2D eigenvalue weighted by Gasteiger charge is -2.61. The van der Waals surface area contributed by atoms with E-state index in [1.807, 2.05) is 6.92 Å². The third kappa shape index (κ3) is 2.49. The Hall–Kier alpha value is -0.420. The molecule has 4 heteroatoms. The lowest BCUT2D eigenvalue weighted by molar-refractivity contribution is -0.150. The molecular weight excluding hydrogens is 304 g/mol. The SMILES string of the molecule is C[C@@]1([C@H](O)CO)CC[C@H]2C(=CC[C@@H]3[C@](C)(CO)[C@H](O)CC[C@@]32C)C1. The molecule has 0 saturated heterocycles. The molecule has 0 aromatic carbocycles. The third-order valence-corrected chi connectivity index (χ3v) is 8.10. The summed E-state index contributed by atoms with van der Waals surface area (Å²) in [6.07, 6.45) is 6.63. The molecule has 0 amide bonds. The number of aliphatic hydroxyl groups excluding tert-OH is 4. The van der Waals surface area contributed by atoms with E-state index < -0.39 is 17.6 Å². The van der Waals surface area contributed by atoms with Crippen molar-refractivity contribution >= 4 is 0 Å². The summed E-state index contributed by atoms with van der Waals surface area (Å²) in [6, 6.07) is 0. The maximum Gasteiger partial charge on any atom is 0.0827 e. The zero-order valence-corrected chi connectivity index (χ0v) is 15.3. The second-order valence-electron chi connectivity index (χ2n) is 9.41. The lowest BCUT2D eigenvalue weighted by atomic mass is 9.45. The van der Waals surface area contributed by atoms with Crippen molar-refractivity contribution in [2.45, 2.75) is 71.5 Å². The Kier molecular flexibility index (Phi) is 4.66. The number of rotatable bonds is 3.